The largest absolute Gasteiger partial charge is 0.506 e. The maximum absolute atomic E-state index is 13.3. The Hall–Kier alpha value is -5.00. The second-order valence-electron chi connectivity index (χ2n) is 9.70. The Labute approximate surface area is 242 Å². The highest BCUT2D eigenvalue weighted by Gasteiger charge is 2.42. The number of rotatable bonds is 11. The number of hydrogen-bond donors (Lipinski definition) is 2. The van der Waals surface area contributed by atoms with Crippen LogP contribution in [0.5, 0.6) is 0 Å². The summed E-state index contributed by atoms with van der Waals surface area (Å²) >= 11 is 0. The molecule has 1 aliphatic heterocycles. The number of aliphatic imine (C=N–C) groups is 1. The predicted octanol–water partition coefficient (Wildman–Crippen LogP) is 3.47. The summed E-state index contributed by atoms with van der Waals surface area (Å²) in [5, 5.41) is 10.9. The van der Waals surface area contributed by atoms with Crippen molar-refractivity contribution in [1.82, 2.24) is 4.98 Å². The lowest BCUT2D eigenvalue weighted by Gasteiger charge is -2.22. The molecule has 0 saturated carbocycles. The Morgan fingerprint density at radius 2 is 1.31 bits per heavy atom. The van der Waals surface area contributed by atoms with E-state index in [1.165, 1.54) is 13.8 Å². The van der Waals surface area contributed by atoms with Gasteiger partial charge in [0.1, 0.15) is 32.2 Å². The highest BCUT2D eigenvalue weighted by molar-refractivity contribution is 6.40. The number of hydrogen-bond acceptors (Lipinski definition) is 11. The third kappa shape index (κ3) is 6.17. The standard InChI is InChI=1S/C30H32N2O10/c1-13(2)27(35)39-9-11-41-29(37)19-15(5)23(31-17(19)7)21-25(33)22(26(21)34)24-16(6)20(18(8)32-24)30(38)42-12-10-40-28(36)14(3)4/h31,33H,1,3,9-12H2,2,4-8H3/b24-22-. The molecule has 2 N–H and O–H groups in total. The number of ether oxygens (including phenoxy) is 4. The van der Waals surface area contributed by atoms with Gasteiger partial charge in [0, 0.05) is 16.8 Å². The number of nitrogens with one attached hydrogen (secondary N) is 1. The molecule has 12 heteroatoms. The topological polar surface area (TPSA) is 171 Å². The van der Waals surface area contributed by atoms with Gasteiger partial charge >= 0.3 is 23.9 Å². The fourth-order valence-corrected chi connectivity index (χ4v) is 4.33. The van der Waals surface area contributed by atoms with E-state index >= 15 is 0 Å². The lowest BCUT2D eigenvalue weighted by atomic mass is 9.82. The summed E-state index contributed by atoms with van der Waals surface area (Å²) in [6, 6.07) is 0. The fourth-order valence-electron chi connectivity index (χ4n) is 4.33. The Morgan fingerprint density at radius 1 is 0.810 bits per heavy atom. The van der Waals surface area contributed by atoms with Crippen LogP contribution in [0.1, 0.15) is 55.0 Å². The summed E-state index contributed by atoms with van der Waals surface area (Å²) in [5.74, 6) is -3.50. The first-order valence-corrected chi connectivity index (χ1v) is 12.9. The van der Waals surface area contributed by atoms with Crippen LogP contribution >= 0.6 is 0 Å². The molecule has 0 atom stereocenters. The van der Waals surface area contributed by atoms with E-state index in [2.05, 4.69) is 23.1 Å². The van der Waals surface area contributed by atoms with Crippen molar-refractivity contribution < 1.29 is 48.0 Å². The number of H-pyrrole nitrogens is 1. The molecular weight excluding hydrogens is 548 g/mol. The lowest BCUT2D eigenvalue weighted by molar-refractivity contribution is -0.147. The number of ketones is 1. The number of aliphatic hydroxyl groups is 1. The van der Waals surface area contributed by atoms with E-state index in [9.17, 15) is 29.1 Å². The van der Waals surface area contributed by atoms with Gasteiger partial charge in [0.25, 0.3) is 0 Å². The van der Waals surface area contributed by atoms with Crippen molar-refractivity contribution in [3.63, 3.8) is 0 Å². The molecule has 0 fully saturated rings. The number of aryl methyl sites for hydroxylation is 1. The first-order chi connectivity index (χ1) is 19.7. The molecule has 0 amide bonds. The summed E-state index contributed by atoms with van der Waals surface area (Å²) in [5.41, 5.74) is 2.41. The van der Waals surface area contributed by atoms with Crippen molar-refractivity contribution in [3.05, 3.63) is 75.0 Å². The predicted molar refractivity (Wildman–Crippen MR) is 150 cm³/mol. The number of esters is 4. The van der Waals surface area contributed by atoms with E-state index < -0.39 is 29.7 Å². The normalized spacial score (nSPS) is 16.1. The molecule has 3 rings (SSSR count). The molecule has 1 aromatic heterocycles. The number of allylic oxidation sites excluding steroid dienone is 3. The van der Waals surface area contributed by atoms with Gasteiger partial charge in [-0.2, -0.15) is 0 Å². The molecule has 0 unspecified atom stereocenters. The van der Waals surface area contributed by atoms with Gasteiger partial charge in [0.05, 0.1) is 39.4 Å². The highest BCUT2D eigenvalue weighted by atomic mass is 16.6. The van der Waals surface area contributed by atoms with Gasteiger partial charge in [-0.15, -0.1) is 0 Å². The van der Waals surface area contributed by atoms with Gasteiger partial charge in [-0.25, -0.2) is 19.2 Å². The second kappa shape index (κ2) is 12.7. The third-order valence-corrected chi connectivity index (χ3v) is 6.43. The summed E-state index contributed by atoms with van der Waals surface area (Å²) in [6.07, 6.45) is 0. The summed E-state index contributed by atoms with van der Waals surface area (Å²) < 4.78 is 20.2. The number of nitrogens with zero attached hydrogens (tertiary/aromatic N) is 1. The van der Waals surface area contributed by atoms with Crippen LogP contribution in [0.4, 0.5) is 0 Å². The Kier molecular flexibility index (Phi) is 9.51. The van der Waals surface area contributed by atoms with Crippen LogP contribution in [-0.4, -0.2) is 71.9 Å². The van der Waals surface area contributed by atoms with Crippen LogP contribution < -0.4 is 0 Å². The average Bonchev–Trinajstić information content (AvgIpc) is 3.36. The van der Waals surface area contributed by atoms with Crippen LogP contribution in [0.15, 0.2) is 57.5 Å². The van der Waals surface area contributed by atoms with Crippen molar-refractivity contribution >= 4 is 40.9 Å². The molecule has 0 radical (unpaired) electrons. The molecule has 1 aliphatic carbocycles. The maximum atomic E-state index is 13.3. The zero-order valence-corrected chi connectivity index (χ0v) is 24.3. The molecule has 42 heavy (non-hydrogen) atoms. The van der Waals surface area contributed by atoms with Crippen molar-refractivity contribution in [2.75, 3.05) is 26.4 Å². The number of aromatic nitrogens is 1. The fraction of sp³-hybridized carbons (Fsp3) is 0.333. The number of carbonyl (C=O) groups excluding carboxylic acids is 5. The Morgan fingerprint density at radius 3 is 1.81 bits per heavy atom. The average molecular weight is 581 g/mol. The lowest BCUT2D eigenvalue weighted by Crippen LogP contribution is -2.24. The van der Waals surface area contributed by atoms with Crippen LogP contribution in [-0.2, 0) is 38.1 Å². The number of aromatic amines is 1. The van der Waals surface area contributed by atoms with Gasteiger partial charge in [0.15, 0.2) is 0 Å². The van der Waals surface area contributed by atoms with Crippen molar-refractivity contribution in [1.29, 1.82) is 0 Å². The van der Waals surface area contributed by atoms with Crippen LogP contribution in [0.2, 0.25) is 0 Å². The third-order valence-electron chi connectivity index (χ3n) is 6.43. The van der Waals surface area contributed by atoms with Gasteiger partial charge < -0.3 is 29.0 Å². The zero-order valence-electron chi connectivity index (χ0n) is 24.3. The molecule has 1 aromatic rings. The van der Waals surface area contributed by atoms with E-state index in [0.29, 0.717) is 22.5 Å². The van der Waals surface area contributed by atoms with Crippen LogP contribution in [0.25, 0.3) is 5.57 Å². The van der Waals surface area contributed by atoms with Gasteiger partial charge in [-0.3, -0.25) is 9.79 Å². The number of aliphatic hydroxyl groups excluding tert-OH is 1. The summed E-state index contributed by atoms with van der Waals surface area (Å²) in [7, 11) is 0. The summed E-state index contributed by atoms with van der Waals surface area (Å²) in [4.78, 5) is 68.9. The van der Waals surface area contributed by atoms with E-state index in [1.54, 1.807) is 27.7 Å². The Bertz CT molecular complexity index is 1560. The van der Waals surface area contributed by atoms with Crippen molar-refractivity contribution in [2.45, 2.75) is 41.5 Å². The minimum atomic E-state index is -0.723. The first-order valence-electron chi connectivity index (χ1n) is 12.9. The number of carbonyl (C=O) groups is 5. The van der Waals surface area contributed by atoms with Gasteiger partial charge in [0.2, 0.25) is 5.78 Å². The zero-order chi connectivity index (χ0) is 31.5. The van der Waals surface area contributed by atoms with Gasteiger partial charge in [-0.05, 0) is 52.7 Å². The summed E-state index contributed by atoms with van der Waals surface area (Å²) in [6.45, 7) is 15.6. The van der Waals surface area contributed by atoms with Crippen LogP contribution in [0.3, 0.4) is 0 Å². The second-order valence-corrected chi connectivity index (χ2v) is 9.70. The van der Waals surface area contributed by atoms with Gasteiger partial charge in [-0.1, -0.05) is 13.2 Å². The van der Waals surface area contributed by atoms with E-state index in [-0.39, 0.29) is 77.0 Å². The van der Waals surface area contributed by atoms with E-state index in [1.807, 2.05) is 0 Å². The molecule has 0 aromatic carbocycles. The Balaban J connectivity index is 1.78. The molecule has 12 nitrogen and oxygen atoms in total. The maximum Gasteiger partial charge on any atom is 0.340 e. The highest BCUT2D eigenvalue weighted by Crippen LogP contribution is 2.43. The van der Waals surface area contributed by atoms with Crippen molar-refractivity contribution in [3.8, 4) is 0 Å². The molecule has 2 aliphatic rings. The van der Waals surface area contributed by atoms with E-state index in [4.69, 9.17) is 18.9 Å². The first kappa shape index (κ1) is 31.5. The SMILES string of the molecule is C=C(C)C(=O)OCCOC(=O)C1=C(C)/C(=C2/C(=O)C(c3[nH]c(C)c(C(=O)OCCOC(=O)C(=C)C)c3C)=C2O)N=C1C. The molecule has 2 heterocycles. The minimum absolute atomic E-state index is 0.0384. The number of Topliss-reactive ketones (excluding diaryl/α,β-unsaturated/α-hetero) is 1. The molecule has 222 valence electrons. The molecule has 0 saturated heterocycles. The molecule has 0 bridgehead atoms. The monoisotopic (exact) mass is 580 g/mol. The smallest absolute Gasteiger partial charge is 0.340 e. The minimum Gasteiger partial charge on any atom is -0.506 e. The van der Waals surface area contributed by atoms with Crippen molar-refractivity contribution in [2.24, 2.45) is 4.99 Å². The molecular formula is C30H32N2O10. The van der Waals surface area contributed by atoms with Crippen LogP contribution in [0, 0.1) is 13.8 Å². The molecule has 0 spiro atoms. The quantitative estimate of drug-likeness (QED) is 0.171. The van der Waals surface area contributed by atoms with E-state index in [0.717, 1.165) is 0 Å².